The highest BCUT2D eigenvalue weighted by Gasteiger charge is 2.26. The Labute approximate surface area is 329 Å². The molecular weight excluding hydrogens is 736 g/mol. The third-order valence-corrected chi connectivity index (χ3v) is 8.47. The first-order valence-electron chi connectivity index (χ1n) is 19.3. The minimum atomic E-state index is -0.887. The van der Waals surface area contributed by atoms with Gasteiger partial charge in [-0.3, -0.25) is 38.8 Å². The molecule has 0 aromatic heterocycles. The van der Waals surface area contributed by atoms with Crippen molar-refractivity contribution in [1.82, 2.24) is 40.9 Å². The maximum atomic E-state index is 13.1. The number of hydrogen-bond acceptors (Lipinski definition) is 16. The summed E-state index contributed by atoms with van der Waals surface area (Å²) in [5.74, 6) is -4.06. The van der Waals surface area contributed by atoms with Crippen molar-refractivity contribution in [3.05, 3.63) is 0 Å². The number of esters is 4. The molecule has 0 aromatic carbocycles. The normalized spacial score (nSPS) is 17.3. The van der Waals surface area contributed by atoms with E-state index in [0.29, 0.717) is 0 Å². The van der Waals surface area contributed by atoms with Crippen molar-refractivity contribution < 1.29 is 57.3 Å². The van der Waals surface area contributed by atoms with Gasteiger partial charge >= 0.3 is 23.9 Å². The van der Waals surface area contributed by atoms with Gasteiger partial charge in [-0.1, -0.05) is 0 Å². The van der Waals surface area contributed by atoms with Gasteiger partial charge in [0.1, 0.15) is 24.2 Å². The lowest BCUT2D eigenvalue weighted by molar-refractivity contribution is -0.147. The molecule has 56 heavy (non-hydrogen) atoms. The summed E-state index contributed by atoms with van der Waals surface area (Å²) in [7, 11) is 0. The summed E-state index contributed by atoms with van der Waals surface area (Å²) in [6.07, 6.45) is 0. The van der Waals surface area contributed by atoms with Crippen LogP contribution in [0.5, 0.6) is 0 Å². The minimum Gasteiger partial charge on any atom is -0.464 e. The fourth-order valence-corrected chi connectivity index (χ4v) is 5.48. The summed E-state index contributed by atoms with van der Waals surface area (Å²) >= 11 is 0. The molecule has 1 saturated heterocycles. The van der Waals surface area contributed by atoms with Gasteiger partial charge in [0.15, 0.2) is 0 Å². The summed E-state index contributed by atoms with van der Waals surface area (Å²) in [6, 6.07) is -3.55. The lowest BCUT2D eigenvalue weighted by Gasteiger charge is -2.34. The van der Waals surface area contributed by atoms with Crippen LogP contribution in [-0.2, 0) is 57.3 Å². The largest absolute Gasteiger partial charge is 0.464 e. The first kappa shape index (κ1) is 49.6. The summed E-state index contributed by atoms with van der Waals surface area (Å²) < 4.78 is 20.0. The minimum absolute atomic E-state index is 0.117. The van der Waals surface area contributed by atoms with Gasteiger partial charge in [0, 0.05) is 52.4 Å². The molecule has 0 bridgehead atoms. The van der Waals surface area contributed by atoms with Crippen LogP contribution in [-0.4, -0.2) is 196 Å². The smallest absolute Gasteiger partial charge is 0.328 e. The third kappa shape index (κ3) is 20.5. The van der Waals surface area contributed by atoms with Gasteiger partial charge < -0.3 is 40.2 Å². The molecule has 0 aliphatic carbocycles. The molecule has 0 spiro atoms. The maximum absolute atomic E-state index is 13.1. The van der Waals surface area contributed by atoms with Crippen LogP contribution >= 0.6 is 0 Å². The van der Waals surface area contributed by atoms with E-state index in [2.05, 4.69) is 21.3 Å². The first-order valence-corrected chi connectivity index (χ1v) is 19.3. The lowest BCUT2D eigenvalue weighted by atomic mass is 10.2. The Morgan fingerprint density at radius 2 is 0.536 bits per heavy atom. The van der Waals surface area contributed by atoms with Crippen LogP contribution in [0.1, 0.15) is 55.4 Å². The molecule has 1 aliphatic heterocycles. The third-order valence-electron chi connectivity index (χ3n) is 8.47. The molecule has 20 heteroatoms. The van der Waals surface area contributed by atoms with Crippen molar-refractivity contribution >= 4 is 47.5 Å². The van der Waals surface area contributed by atoms with E-state index >= 15 is 0 Å². The van der Waals surface area contributed by atoms with Gasteiger partial charge in [-0.2, -0.15) is 0 Å². The average Bonchev–Trinajstić information content (AvgIpc) is 3.12. The van der Waals surface area contributed by atoms with E-state index in [1.807, 2.05) is 19.6 Å². The number of carbonyl (C=O) groups is 8. The SMILES string of the molecule is CCOC(=O)[C@@H](C)NC(=O)CN1CCN(CC(=O)N[C@H](C)C(=O)OCC)CCN(CC(=O)N[C@H](C)C(=O)OCC)CCN(CC(=O)N[C@H](C)C(=O)OCC)CC1. The molecule has 0 aromatic rings. The van der Waals surface area contributed by atoms with Gasteiger partial charge in [0.05, 0.1) is 52.6 Å². The first-order chi connectivity index (χ1) is 26.5. The van der Waals surface area contributed by atoms with E-state index in [0.717, 1.165) is 0 Å². The van der Waals surface area contributed by atoms with Gasteiger partial charge in [0.2, 0.25) is 23.6 Å². The second kappa shape index (κ2) is 27.2. The summed E-state index contributed by atoms with van der Waals surface area (Å²) in [5.41, 5.74) is 0. The molecule has 1 aliphatic rings. The Bertz CT molecular complexity index is 1100. The zero-order valence-electron chi connectivity index (χ0n) is 34.3. The molecule has 1 fully saturated rings. The highest BCUT2D eigenvalue weighted by Crippen LogP contribution is 2.03. The fourth-order valence-electron chi connectivity index (χ4n) is 5.48. The molecule has 4 amide bonds. The predicted octanol–water partition coefficient (Wildman–Crippen LogP) is -2.52. The lowest BCUT2D eigenvalue weighted by Crippen LogP contribution is -2.53. The number of rotatable bonds is 20. The maximum Gasteiger partial charge on any atom is 0.328 e. The molecule has 4 N–H and O–H groups in total. The predicted molar refractivity (Wildman–Crippen MR) is 203 cm³/mol. The molecule has 1 heterocycles. The quantitative estimate of drug-likeness (QED) is 0.0735. The van der Waals surface area contributed by atoms with Crippen molar-refractivity contribution in [1.29, 1.82) is 0 Å². The topological polar surface area (TPSA) is 235 Å². The van der Waals surface area contributed by atoms with Crippen molar-refractivity contribution in [2.75, 3.05) is 105 Å². The van der Waals surface area contributed by atoms with Gasteiger partial charge in [-0.25, -0.2) is 19.2 Å². The van der Waals surface area contributed by atoms with E-state index in [1.54, 1.807) is 27.7 Å². The molecule has 320 valence electrons. The average molecular weight is 801 g/mol. The number of amides is 4. The molecule has 0 unspecified atom stereocenters. The zero-order chi connectivity index (χ0) is 42.2. The standard InChI is InChI=1S/C36H64N8O12/c1-9-53-33(49)25(5)37-29(45)21-41-13-15-42(22-30(46)38-26(6)34(50)54-10-2)17-19-44(24-32(48)40-28(8)36(52)56-12-4)20-18-43(16-14-41)23-31(47)39-27(7)35(51)55-11-3/h25-28H,9-24H2,1-8H3,(H,37,45)(H,38,46)(H,39,47)(H,40,48)/t25-,26-,27-,28-/m1/s1. The van der Waals surface area contributed by atoms with Crippen LogP contribution in [0.2, 0.25) is 0 Å². The van der Waals surface area contributed by atoms with Crippen LogP contribution in [0.25, 0.3) is 0 Å². The van der Waals surface area contributed by atoms with E-state index < -0.39 is 71.7 Å². The molecule has 20 nitrogen and oxygen atoms in total. The number of carbonyl (C=O) groups excluding carboxylic acids is 8. The van der Waals surface area contributed by atoms with E-state index in [4.69, 9.17) is 18.9 Å². The number of nitrogens with one attached hydrogen (secondary N) is 4. The Morgan fingerprint density at radius 1 is 0.375 bits per heavy atom. The van der Waals surface area contributed by atoms with Gasteiger partial charge in [-0.15, -0.1) is 0 Å². The molecule has 4 atom stereocenters. The van der Waals surface area contributed by atoms with E-state index in [-0.39, 0.29) is 105 Å². The van der Waals surface area contributed by atoms with Crippen LogP contribution in [0, 0.1) is 0 Å². The fraction of sp³-hybridized carbons (Fsp3) is 0.778. The summed E-state index contributed by atoms with van der Waals surface area (Å²) in [6.45, 7) is 15.1. The van der Waals surface area contributed by atoms with Crippen LogP contribution in [0.3, 0.4) is 0 Å². The summed E-state index contributed by atoms with van der Waals surface area (Å²) in [5, 5.41) is 10.6. The Kier molecular flexibility index (Phi) is 24.1. The zero-order valence-corrected chi connectivity index (χ0v) is 34.3. The molecular formula is C36H64N8O12. The number of nitrogens with zero attached hydrogens (tertiary/aromatic N) is 4. The molecule has 0 radical (unpaired) electrons. The van der Waals surface area contributed by atoms with E-state index in [9.17, 15) is 38.4 Å². The molecule has 0 saturated carbocycles. The van der Waals surface area contributed by atoms with Crippen LogP contribution < -0.4 is 21.3 Å². The molecule has 1 rings (SSSR count). The second-order valence-corrected chi connectivity index (χ2v) is 13.3. The van der Waals surface area contributed by atoms with Crippen LogP contribution in [0.15, 0.2) is 0 Å². The van der Waals surface area contributed by atoms with Crippen molar-refractivity contribution in [3.63, 3.8) is 0 Å². The Hall–Kier alpha value is -4.40. The highest BCUT2D eigenvalue weighted by molar-refractivity contribution is 5.87. The number of hydrogen-bond donors (Lipinski definition) is 4. The summed E-state index contributed by atoms with van der Waals surface area (Å²) in [4.78, 5) is 109. The van der Waals surface area contributed by atoms with Gasteiger partial charge in [-0.05, 0) is 55.4 Å². The van der Waals surface area contributed by atoms with Gasteiger partial charge in [0.25, 0.3) is 0 Å². The Balaban J connectivity index is 3.35. The van der Waals surface area contributed by atoms with Crippen molar-refractivity contribution in [3.8, 4) is 0 Å². The second-order valence-electron chi connectivity index (χ2n) is 13.3. The Morgan fingerprint density at radius 3 is 0.679 bits per heavy atom. The monoisotopic (exact) mass is 800 g/mol. The highest BCUT2D eigenvalue weighted by atomic mass is 16.5. The van der Waals surface area contributed by atoms with Crippen molar-refractivity contribution in [2.45, 2.75) is 79.6 Å². The van der Waals surface area contributed by atoms with E-state index in [1.165, 1.54) is 27.7 Å². The number of ether oxygens (including phenoxy) is 4. The van der Waals surface area contributed by atoms with Crippen LogP contribution in [0.4, 0.5) is 0 Å². The van der Waals surface area contributed by atoms with Crippen molar-refractivity contribution in [2.24, 2.45) is 0 Å².